The van der Waals surface area contributed by atoms with Crippen LogP contribution >= 0.6 is 12.2 Å². The number of oxime groups is 1. The highest BCUT2D eigenvalue weighted by Crippen LogP contribution is 1.57. The first-order valence-electron chi connectivity index (χ1n) is 1.42. The van der Waals surface area contributed by atoms with Crippen molar-refractivity contribution < 1.29 is 4.84 Å². The normalized spacial score (nSPS) is 8.83. The van der Waals surface area contributed by atoms with Crippen molar-refractivity contribution in [1.29, 1.82) is 0 Å². The summed E-state index contributed by atoms with van der Waals surface area (Å²) in [5.74, 6) is 0. The van der Waals surface area contributed by atoms with E-state index in [2.05, 4.69) is 22.2 Å². The van der Waals surface area contributed by atoms with Gasteiger partial charge in [-0.25, -0.2) is 0 Å². The highest BCUT2D eigenvalue weighted by molar-refractivity contribution is 7.80. The molecule has 0 unspecified atom stereocenters. The maximum atomic E-state index is 4.36. The fraction of sp³-hybridized carbons (Fsp3) is 0.333. The first-order chi connectivity index (χ1) is 2.91. The Hall–Kier alpha value is -0.440. The molecule has 0 aromatic rings. The molecule has 0 aromatic carbocycles. The number of hydrogen-bond acceptors (Lipinski definition) is 3. The molecule has 0 fully saturated rings. The molecule has 0 spiro atoms. The molecule has 0 atom stereocenters. The molecule has 0 amide bonds. The molecule has 0 saturated heterocycles. The van der Waals surface area contributed by atoms with Crippen molar-refractivity contribution in [2.24, 2.45) is 5.16 Å². The first kappa shape index (κ1) is 5.56. The summed E-state index contributed by atoms with van der Waals surface area (Å²) < 4.78 is 0. The van der Waals surface area contributed by atoms with E-state index in [1.54, 1.807) is 0 Å². The van der Waals surface area contributed by atoms with Crippen molar-refractivity contribution in [2.75, 3.05) is 7.11 Å². The fourth-order valence-corrected chi connectivity index (χ4v) is 0.135. The third-order valence-corrected chi connectivity index (χ3v) is 0.349. The summed E-state index contributed by atoms with van der Waals surface area (Å²) in [4.78, 5) is 4.25. The molecule has 3 heteroatoms. The van der Waals surface area contributed by atoms with E-state index in [9.17, 15) is 0 Å². The van der Waals surface area contributed by atoms with E-state index in [-0.39, 0.29) is 0 Å². The number of hydrogen-bond donors (Lipinski definition) is 0. The lowest BCUT2D eigenvalue weighted by Crippen LogP contribution is -1.70. The van der Waals surface area contributed by atoms with Crippen molar-refractivity contribution in [2.45, 2.75) is 0 Å². The van der Waals surface area contributed by atoms with Crippen LogP contribution in [0.2, 0.25) is 0 Å². The third kappa shape index (κ3) is 3.56. The summed E-state index contributed by atoms with van der Waals surface area (Å²) in [6.07, 6.45) is 1.40. The summed E-state index contributed by atoms with van der Waals surface area (Å²) in [5, 5.41) is 4.68. The van der Waals surface area contributed by atoms with Crippen molar-refractivity contribution in [3.8, 4) is 0 Å². The molecule has 0 aliphatic rings. The molecule has 0 radical (unpaired) electrons. The van der Waals surface area contributed by atoms with Crippen molar-refractivity contribution in [1.82, 2.24) is 0 Å². The van der Waals surface area contributed by atoms with Gasteiger partial charge in [0.15, 0.2) is 0 Å². The predicted octanol–water partition coefficient (Wildman–Crippen LogP) is 0.618. The maximum Gasteiger partial charge on any atom is 0.106 e. The molecule has 6 heavy (non-hydrogen) atoms. The molecule has 0 bridgehead atoms. The van der Waals surface area contributed by atoms with Crippen molar-refractivity contribution in [3.05, 3.63) is 0 Å². The van der Waals surface area contributed by atoms with Crippen LogP contribution in [0, 0.1) is 0 Å². The number of nitrogens with zero attached hydrogens (tertiary/aromatic N) is 1. The van der Waals surface area contributed by atoms with Gasteiger partial charge in [0, 0.05) is 5.37 Å². The predicted molar refractivity (Wildman–Crippen MR) is 29.2 cm³/mol. The van der Waals surface area contributed by atoms with Crippen molar-refractivity contribution in [3.63, 3.8) is 0 Å². The zero-order valence-electron chi connectivity index (χ0n) is 3.42. The van der Waals surface area contributed by atoms with Crippen LogP contribution in [-0.4, -0.2) is 18.7 Å². The SMILES string of the molecule is CON=CC=S. The minimum atomic E-state index is 1.38. The summed E-state index contributed by atoms with van der Waals surface area (Å²) >= 11 is 4.36. The summed E-state index contributed by atoms with van der Waals surface area (Å²) in [5.41, 5.74) is 0. The summed E-state index contributed by atoms with van der Waals surface area (Å²) in [6, 6.07) is 0. The van der Waals surface area contributed by atoms with Crippen molar-refractivity contribution >= 4 is 23.8 Å². The second-order valence-electron chi connectivity index (χ2n) is 0.573. The van der Waals surface area contributed by atoms with Gasteiger partial charge in [-0.1, -0.05) is 17.4 Å². The molecule has 34 valence electrons. The minimum Gasteiger partial charge on any atom is -0.399 e. The lowest BCUT2D eigenvalue weighted by Gasteiger charge is -1.75. The van der Waals surface area contributed by atoms with Gasteiger partial charge in [0.1, 0.15) is 7.11 Å². The van der Waals surface area contributed by atoms with Gasteiger partial charge >= 0.3 is 0 Å². The van der Waals surface area contributed by atoms with Crippen LogP contribution < -0.4 is 0 Å². The Labute approximate surface area is 41.8 Å². The van der Waals surface area contributed by atoms with Gasteiger partial charge in [0.25, 0.3) is 0 Å². The Morgan fingerprint density at radius 2 is 2.50 bits per heavy atom. The Morgan fingerprint density at radius 3 is 2.67 bits per heavy atom. The summed E-state index contributed by atoms with van der Waals surface area (Å²) in [7, 11) is 1.47. The van der Waals surface area contributed by atoms with Crippen LogP contribution in [0.25, 0.3) is 0 Å². The van der Waals surface area contributed by atoms with Gasteiger partial charge in [-0.05, 0) is 0 Å². The fourth-order valence-electron chi connectivity index (χ4n) is 0.0857. The minimum absolute atomic E-state index is 1.38. The zero-order valence-corrected chi connectivity index (χ0v) is 4.23. The van der Waals surface area contributed by atoms with Crippen LogP contribution in [0.1, 0.15) is 0 Å². The topological polar surface area (TPSA) is 21.6 Å². The molecule has 0 aliphatic heterocycles. The van der Waals surface area contributed by atoms with Gasteiger partial charge in [0.2, 0.25) is 0 Å². The maximum absolute atomic E-state index is 4.36. The van der Waals surface area contributed by atoms with Crippen LogP contribution in [0.3, 0.4) is 0 Å². The molecule has 0 aromatic heterocycles. The Bertz CT molecular complexity index is 61.8. The highest BCUT2D eigenvalue weighted by atomic mass is 32.1. The standard InChI is InChI=1S/C3H5NOS/c1-5-4-2-3-6/h2-3H,1H3. The van der Waals surface area contributed by atoms with E-state index in [0.29, 0.717) is 0 Å². The second kappa shape index (κ2) is 4.56. The van der Waals surface area contributed by atoms with Crippen LogP contribution in [0.15, 0.2) is 5.16 Å². The quantitative estimate of drug-likeness (QED) is 0.290. The van der Waals surface area contributed by atoms with Gasteiger partial charge in [0.05, 0.1) is 6.21 Å². The molecule has 0 N–H and O–H groups in total. The van der Waals surface area contributed by atoms with Gasteiger partial charge < -0.3 is 4.84 Å². The average molecular weight is 103 g/mol. The molecular weight excluding hydrogens is 98.1 g/mol. The second-order valence-corrected chi connectivity index (χ2v) is 0.845. The number of rotatable bonds is 2. The highest BCUT2D eigenvalue weighted by Gasteiger charge is 1.53. The Morgan fingerprint density at radius 1 is 1.83 bits per heavy atom. The molecule has 0 heterocycles. The first-order valence-corrected chi connectivity index (χ1v) is 1.89. The van der Waals surface area contributed by atoms with Gasteiger partial charge in [-0.2, -0.15) is 0 Å². The number of thiocarbonyl (C=S) groups is 1. The van der Waals surface area contributed by atoms with E-state index < -0.39 is 0 Å². The van der Waals surface area contributed by atoms with E-state index in [1.165, 1.54) is 18.7 Å². The third-order valence-electron chi connectivity index (χ3n) is 0.227. The smallest absolute Gasteiger partial charge is 0.106 e. The largest absolute Gasteiger partial charge is 0.399 e. The van der Waals surface area contributed by atoms with Crippen LogP contribution in [-0.2, 0) is 4.84 Å². The van der Waals surface area contributed by atoms with Gasteiger partial charge in [-0.15, -0.1) is 0 Å². The van der Waals surface area contributed by atoms with Gasteiger partial charge in [-0.3, -0.25) is 0 Å². The monoisotopic (exact) mass is 103 g/mol. The van der Waals surface area contributed by atoms with E-state index in [0.717, 1.165) is 0 Å². The summed E-state index contributed by atoms with van der Waals surface area (Å²) in [6.45, 7) is 0. The lowest BCUT2D eigenvalue weighted by atomic mass is 10.9. The van der Waals surface area contributed by atoms with E-state index in [4.69, 9.17) is 0 Å². The molecule has 0 saturated carbocycles. The Balaban J connectivity index is 2.94. The van der Waals surface area contributed by atoms with Crippen LogP contribution in [0.4, 0.5) is 0 Å². The molecule has 0 rings (SSSR count). The molecule has 2 nitrogen and oxygen atoms in total. The average Bonchev–Trinajstić information content (AvgIpc) is 1.61. The molecule has 0 aliphatic carbocycles. The van der Waals surface area contributed by atoms with Crippen LogP contribution in [0.5, 0.6) is 0 Å². The zero-order chi connectivity index (χ0) is 4.83. The lowest BCUT2D eigenvalue weighted by molar-refractivity contribution is 0.216. The Kier molecular flexibility index (Phi) is 4.23. The molecular formula is C3H5NOS. The van der Waals surface area contributed by atoms with E-state index >= 15 is 0 Å². The van der Waals surface area contributed by atoms with E-state index in [1.807, 2.05) is 0 Å².